The highest BCUT2D eigenvalue weighted by Crippen LogP contribution is 2.43. The van der Waals surface area contributed by atoms with Gasteiger partial charge in [-0.3, -0.25) is 4.72 Å². The lowest BCUT2D eigenvalue weighted by atomic mass is 10.1. The highest BCUT2D eigenvalue weighted by molar-refractivity contribution is 7.93. The molecule has 2 aromatic carbocycles. The summed E-state index contributed by atoms with van der Waals surface area (Å²) in [4.78, 5) is -0.0517. The van der Waals surface area contributed by atoms with Gasteiger partial charge >= 0.3 is 0 Å². The van der Waals surface area contributed by atoms with Crippen LogP contribution in [0.25, 0.3) is 11.0 Å². The first-order valence-corrected chi connectivity index (χ1v) is 10.2. The van der Waals surface area contributed by atoms with Crippen molar-refractivity contribution >= 4 is 26.8 Å². The van der Waals surface area contributed by atoms with E-state index in [1.165, 1.54) is 21.3 Å². The van der Waals surface area contributed by atoms with Crippen LogP contribution in [0.15, 0.2) is 33.7 Å². The van der Waals surface area contributed by atoms with Gasteiger partial charge in [0.2, 0.25) is 0 Å². The molecule has 0 saturated carbocycles. The summed E-state index contributed by atoms with van der Waals surface area (Å²) in [5.41, 5.74) is 2.34. The molecule has 8 nitrogen and oxygen atoms in total. The molecular formula is C19H20N2O6S. The Morgan fingerprint density at radius 3 is 2.57 bits per heavy atom. The van der Waals surface area contributed by atoms with Crippen LogP contribution in [-0.4, -0.2) is 34.9 Å². The van der Waals surface area contributed by atoms with Crippen LogP contribution in [0.1, 0.15) is 17.5 Å². The third-order valence-corrected chi connectivity index (χ3v) is 6.26. The molecule has 0 fully saturated rings. The normalized spacial score (nSPS) is 13.4. The molecule has 0 unspecified atom stereocenters. The predicted octanol–water partition coefficient (Wildman–Crippen LogP) is 3.14. The number of sulfonamides is 1. The molecule has 148 valence electrons. The lowest BCUT2D eigenvalue weighted by Gasteiger charge is -2.17. The van der Waals surface area contributed by atoms with Gasteiger partial charge in [-0.1, -0.05) is 11.2 Å². The number of ether oxygens (including phenoxy) is 3. The molecule has 1 aliphatic rings. The fraction of sp³-hybridized carbons (Fsp3) is 0.316. The van der Waals surface area contributed by atoms with Gasteiger partial charge in [-0.2, -0.15) is 0 Å². The second-order valence-electron chi connectivity index (χ2n) is 6.40. The molecule has 28 heavy (non-hydrogen) atoms. The molecule has 0 radical (unpaired) electrons. The van der Waals surface area contributed by atoms with Crippen molar-refractivity contribution in [1.29, 1.82) is 0 Å². The first-order chi connectivity index (χ1) is 13.5. The summed E-state index contributed by atoms with van der Waals surface area (Å²) in [5, 5.41) is 4.31. The van der Waals surface area contributed by atoms with E-state index in [9.17, 15) is 8.42 Å². The van der Waals surface area contributed by atoms with Crippen LogP contribution in [0.5, 0.6) is 17.2 Å². The van der Waals surface area contributed by atoms with E-state index in [0.717, 1.165) is 30.4 Å². The van der Waals surface area contributed by atoms with Gasteiger partial charge in [0.15, 0.2) is 16.3 Å². The van der Waals surface area contributed by atoms with Crippen LogP contribution in [0.3, 0.4) is 0 Å². The van der Waals surface area contributed by atoms with E-state index in [4.69, 9.17) is 18.7 Å². The van der Waals surface area contributed by atoms with Gasteiger partial charge in [-0.15, -0.1) is 0 Å². The van der Waals surface area contributed by atoms with Gasteiger partial charge in [0, 0.05) is 0 Å². The van der Waals surface area contributed by atoms with E-state index in [-0.39, 0.29) is 16.5 Å². The van der Waals surface area contributed by atoms with E-state index in [1.54, 1.807) is 24.3 Å². The second kappa shape index (κ2) is 6.90. The number of hydrogen-bond donors (Lipinski definition) is 1. The number of anilines is 1. The Kier molecular flexibility index (Phi) is 4.54. The Morgan fingerprint density at radius 1 is 1.07 bits per heavy atom. The number of rotatable bonds is 6. The van der Waals surface area contributed by atoms with E-state index in [2.05, 4.69) is 9.88 Å². The molecule has 0 atom stereocenters. The van der Waals surface area contributed by atoms with Gasteiger partial charge < -0.3 is 18.7 Å². The zero-order valence-electron chi connectivity index (χ0n) is 15.7. The summed E-state index contributed by atoms with van der Waals surface area (Å²) in [6.07, 6.45) is 2.56. The zero-order chi connectivity index (χ0) is 19.9. The molecule has 0 spiro atoms. The Hall–Kier alpha value is -2.94. The summed E-state index contributed by atoms with van der Waals surface area (Å²) in [5.74, 6) is 1.02. The van der Waals surface area contributed by atoms with Crippen molar-refractivity contribution < 1.29 is 27.2 Å². The van der Waals surface area contributed by atoms with Gasteiger partial charge in [-0.05, 0) is 48.6 Å². The summed E-state index contributed by atoms with van der Waals surface area (Å²) < 4.78 is 50.6. The Labute approximate surface area is 162 Å². The lowest BCUT2D eigenvalue weighted by Crippen LogP contribution is -2.17. The van der Waals surface area contributed by atoms with Crippen LogP contribution in [0, 0.1) is 0 Å². The number of hydrogen-bond acceptors (Lipinski definition) is 7. The summed E-state index contributed by atoms with van der Waals surface area (Å²) in [6.45, 7) is 0. The first-order valence-electron chi connectivity index (χ1n) is 8.72. The van der Waals surface area contributed by atoms with Crippen molar-refractivity contribution in [2.75, 3.05) is 26.1 Å². The van der Waals surface area contributed by atoms with E-state index < -0.39 is 10.0 Å². The topological polar surface area (TPSA) is 99.9 Å². The number of nitrogens with zero attached hydrogens (tertiary/aromatic N) is 1. The fourth-order valence-electron chi connectivity index (χ4n) is 3.66. The number of aryl methyl sites for hydroxylation is 1. The minimum atomic E-state index is -4.08. The average molecular weight is 404 g/mol. The molecule has 9 heteroatoms. The molecular weight excluding hydrogens is 384 g/mol. The van der Waals surface area contributed by atoms with E-state index >= 15 is 0 Å². The highest BCUT2D eigenvalue weighted by atomic mass is 32.2. The van der Waals surface area contributed by atoms with Crippen molar-refractivity contribution in [2.24, 2.45) is 0 Å². The van der Waals surface area contributed by atoms with Gasteiger partial charge in [0.25, 0.3) is 10.0 Å². The molecule has 1 heterocycles. The number of benzene rings is 2. The van der Waals surface area contributed by atoms with Crippen LogP contribution < -0.4 is 18.9 Å². The molecule has 0 bridgehead atoms. The summed E-state index contributed by atoms with van der Waals surface area (Å²) in [7, 11) is 0.301. The maximum absolute atomic E-state index is 13.3. The Morgan fingerprint density at radius 2 is 1.86 bits per heavy atom. The molecule has 0 amide bonds. The minimum Gasteiger partial charge on any atom is -0.496 e. The number of nitrogens with one attached hydrogen (secondary N) is 1. The Bertz CT molecular complexity index is 1150. The smallest absolute Gasteiger partial charge is 0.270 e. The molecule has 1 aromatic heterocycles. The third-order valence-electron chi connectivity index (χ3n) is 4.87. The molecule has 0 saturated heterocycles. The molecule has 1 aliphatic carbocycles. The monoisotopic (exact) mass is 404 g/mol. The van der Waals surface area contributed by atoms with Gasteiger partial charge in [0.05, 0.1) is 21.3 Å². The van der Waals surface area contributed by atoms with Gasteiger partial charge in [0.1, 0.15) is 22.6 Å². The third kappa shape index (κ3) is 2.82. The maximum Gasteiger partial charge on any atom is 0.270 e. The number of fused-ring (bicyclic) bond motifs is 2. The lowest BCUT2D eigenvalue weighted by molar-refractivity contribution is 0.370. The SMILES string of the molecule is COc1cc2c(c(OC)c1S(=O)(=O)Nc1noc3cccc(OC)c13)CCC2. The van der Waals surface area contributed by atoms with E-state index in [0.29, 0.717) is 22.5 Å². The summed E-state index contributed by atoms with van der Waals surface area (Å²) >= 11 is 0. The average Bonchev–Trinajstić information content (AvgIpc) is 3.32. The molecule has 0 aliphatic heterocycles. The van der Waals surface area contributed by atoms with Crippen molar-refractivity contribution in [2.45, 2.75) is 24.2 Å². The summed E-state index contributed by atoms with van der Waals surface area (Å²) in [6, 6.07) is 6.88. The molecule has 1 N–H and O–H groups in total. The van der Waals surface area contributed by atoms with Gasteiger partial charge in [-0.25, -0.2) is 8.42 Å². The van der Waals surface area contributed by atoms with Crippen LogP contribution in [0.2, 0.25) is 0 Å². The predicted molar refractivity (Wildman–Crippen MR) is 103 cm³/mol. The fourth-order valence-corrected chi connectivity index (χ4v) is 5.01. The first kappa shape index (κ1) is 18.4. The number of aromatic nitrogens is 1. The second-order valence-corrected chi connectivity index (χ2v) is 8.02. The Balaban J connectivity index is 1.87. The van der Waals surface area contributed by atoms with Crippen molar-refractivity contribution in [1.82, 2.24) is 5.16 Å². The maximum atomic E-state index is 13.3. The minimum absolute atomic E-state index is 0.0389. The van der Waals surface area contributed by atoms with Crippen LogP contribution in [0.4, 0.5) is 5.82 Å². The van der Waals surface area contributed by atoms with Crippen molar-refractivity contribution in [3.8, 4) is 17.2 Å². The van der Waals surface area contributed by atoms with Crippen LogP contribution in [-0.2, 0) is 22.9 Å². The molecule has 4 rings (SSSR count). The number of methoxy groups -OCH3 is 3. The molecule has 3 aromatic rings. The quantitative estimate of drug-likeness (QED) is 0.674. The largest absolute Gasteiger partial charge is 0.496 e. The highest BCUT2D eigenvalue weighted by Gasteiger charge is 2.32. The van der Waals surface area contributed by atoms with Crippen molar-refractivity contribution in [3.05, 3.63) is 35.4 Å². The van der Waals surface area contributed by atoms with Crippen LogP contribution >= 0.6 is 0 Å². The van der Waals surface area contributed by atoms with Crippen molar-refractivity contribution in [3.63, 3.8) is 0 Å². The van der Waals surface area contributed by atoms with E-state index in [1.807, 2.05) is 0 Å². The standard InChI is InChI=1S/C19H20N2O6S/c1-24-13-8-5-9-14-16(13)19(20-27-14)21-28(22,23)18-15(25-2)10-11-6-4-7-12(11)17(18)26-3/h5,8-10H,4,6-7H2,1-3H3,(H,20,21). The zero-order valence-corrected chi connectivity index (χ0v) is 16.6.